The number of carbonyl (C=O) groups excluding carboxylic acids is 1. The Balaban J connectivity index is 2.83. The molecule has 0 spiro atoms. The molecule has 0 aliphatic rings. The summed E-state index contributed by atoms with van der Waals surface area (Å²) in [6.07, 6.45) is 2.40. The maximum Gasteiger partial charge on any atom is 0.183 e. The fraction of sp³-hybridized carbons (Fsp3) is 0.400. The van der Waals surface area contributed by atoms with Crippen molar-refractivity contribution >= 4 is 27.4 Å². The number of nitrogens with two attached hydrogens (primary N) is 1. The molecule has 0 radical (unpaired) electrons. The fourth-order valence-corrected chi connectivity index (χ4v) is 1.43. The van der Waals surface area contributed by atoms with E-state index in [4.69, 9.17) is 5.73 Å². The SMILES string of the molecule is CCCCC(=O)c1nc(Br)ccc1N. The van der Waals surface area contributed by atoms with Crippen LogP contribution in [-0.2, 0) is 0 Å². The van der Waals surface area contributed by atoms with E-state index in [2.05, 4.69) is 20.9 Å². The van der Waals surface area contributed by atoms with Gasteiger partial charge in [0.15, 0.2) is 5.78 Å². The van der Waals surface area contributed by atoms with Crippen LogP contribution in [0.2, 0.25) is 0 Å². The number of hydrogen-bond acceptors (Lipinski definition) is 3. The standard InChI is InChI=1S/C10H13BrN2O/c1-2-3-4-8(14)10-7(12)5-6-9(11)13-10/h5-6H,2-4,12H2,1H3. The molecule has 3 nitrogen and oxygen atoms in total. The van der Waals surface area contributed by atoms with Gasteiger partial charge in [-0.15, -0.1) is 0 Å². The van der Waals surface area contributed by atoms with Crippen LogP contribution in [0.1, 0.15) is 36.7 Å². The van der Waals surface area contributed by atoms with Crippen molar-refractivity contribution in [3.8, 4) is 0 Å². The molecule has 0 aromatic carbocycles. The van der Waals surface area contributed by atoms with Gasteiger partial charge in [-0.05, 0) is 34.5 Å². The Morgan fingerprint density at radius 2 is 2.29 bits per heavy atom. The van der Waals surface area contributed by atoms with Crippen molar-refractivity contribution in [2.75, 3.05) is 5.73 Å². The molecule has 0 aliphatic heterocycles. The lowest BCUT2D eigenvalue weighted by Gasteiger charge is -2.03. The van der Waals surface area contributed by atoms with Crippen molar-refractivity contribution in [1.29, 1.82) is 0 Å². The van der Waals surface area contributed by atoms with Crippen LogP contribution in [0.3, 0.4) is 0 Å². The van der Waals surface area contributed by atoms with Crippen molar-refractivity contribution < 1.29 is 4.79 Å². The van der Waals surface area contributed by atoms with E-state index >= 15 is 0 Å². The molecule has 0 saturated carbocycles. The van der Waals surface area contributed by atoms with E-state index in [1.54, 1.807) is 12.1 Å². The summed E-state index contributed by atoms with van der Waals surface area (Å²) in [5, 5.41) is 0. The Morgan fingerprint density at radius 3 is 2.93 bits per heavy atom. The predicted molar refractivity (Wildman–Crippen MR) is 60.2 cm³/mol. The first-order valence-electron chi connectivity index (χ1n) is 4.60. The third-order valence-corrected chi connectivity index (χ3v) is 2.36. The number of Topliss-reactive ketones (excluding diaryl/α,β-unsaturated/α-hetero) is 1. The van der Waals surface area contributed by atoms with Crippen molar-refractivity contribution in [1.82, 2.24) is 4.98 Å². The minimum Gasteiger partial charge on any atom is -0.397 e. The third-order valence-electron chi connectivity index (χ3n) is 1.91. The third kappa shape index (κ3) is 2.80. The average Bonchev–Trinajstić information content (AvgIpc) is 2.18. The number of anilines is 1. The number of ketones is 1. The van der Waals surface area contributed by atoms with Gasteiger partial charge in [-0.1, -0.05) is 13.3 Å². The van der Waals surface area contributed by atoms with Gasteiger partial charge < -0.3 is 5.73 Å². The molecule has 0 amide bonds. The molecule has 0 fully saturated rings. The Kier molecular flexibility index (Phi) is 4.07. The molecule has 0 bridgehead atoms. The molecule has 1 heterocycles. The summed E-state index contributed by atoms with van der Waals surface area (Å²) in [6.45, 7) is 2.05. The first-order chi connectivity index (χ1) is 6.65. The molecule has 0 unspecified atom stereocenters. The highest BCUT2D eigenvalue weighted by Gasteiger charge is 2.10. The number of aromatic nitrogens is 1. The summed E-state index contributed by atoms with van der Waals surface area (Å²) in [5.74, 6) is 0.0191. The number of halogens is 1. The van der Waals surface area contributed by atoms with E-state index in [1.165, 1.54) is 0 Å². The molecule has 1 aromatic rings. The predicted octanol–water partition coefficient (Wildman–Crippen LogP) is 2.80. The molecule has 76 valence electrons. The van der Waals surface area contributed by atoms with Crippen LogP contribution < -0.4 is 5.73 Å². The summed E-state index contributed by atoms with van der Waals surface area (Å²) in [5.41, 5.74) is 6.49. The number of nitrogen functional groups attached to an aromatic ring is 1. The average molecular weight is 257 g/mol. The van der Waals surface area contributed by atoms with Crippen molar-refractivity contribution in [2.24, 2.45) is 0 Å². The number of rotatable bonds is 4. The highest BCUT2D eigenvalue weighted by molar-refractivity contribution is 9.10. The molecule has 1 aromatic heterocycles. The van der Waals surface area contributed by atoms with E-state index in [-0.39, 0.29) is 5.78 Å². The summed E-state index contributed by atoms with van der Waals surface area (Å²) >= 11 is 3.21. The van der Waals surface area contributed by atoms with Gasteiger partial charge in [-0.3, -0.25) is 4.79 Å². The summed E-state index contributed by atoms with van der Waals surface area (Å²) in [7, 11) is 0. The minimum atomic E-state index is 0.0191. The summed E-state index contributed by atoms with van der Waals surface area (Å²) in [4.78, 5) is 15.7. The molecule has 14 heavy (non-hydrogen) atoms. The Hall–Kier alpha value is -0.900. The quantitative estimate of drug-likeness (QED) is 0.666. The van der Waals surface area contributed by atoms with Crippen LogP contribution in [0.4, 0.5) is 5.69 Å². The van der Waals surface area contributed by atoms with E-state index in [0.717, 1.165) is 12.8 Å². The Bertz CT molecular complexity index is 339. The van der Waals surface area contributed by atoms with Crippen LogP contribution in [0, 0.1) is 0 Å². The molecule has 0 atom stereocenters. The number of carbonyl (C=O) groups is 1. The fourth-order valence-electron chi connectivity index (χ4n) is 1.13. The largest absolute Gasteiger partial charge is 0.397 e. The number of nitrogens with zero attached hydrogens (tertiary/aromatic N) is 1. The van der Waals surface area contributed by atoms with E-state index in [0.29, 0.717) is 22.4 Å². The first kappa shape index (κ1) is 11.2. The maximum atomic E-state index is 11.6. The molecule has 0 aliphatic carbocycles. The Labute approximate surface area is 91.8 Å². The second-order valence-corrected chi connectivity index (χ2v) is 3.91. The van der Waals surface area contributed by atoms with E-state index < -0.39 is 0 Å². The lowest BCUT2D eigenvalue weighted by molar-refractivity contribution is 0.0976. The topological polar surface area (TPSA) is 56.0 Å². The highest BCUT2D eigenvalue weighted by Crippen LogP contribution is 2.16. The normalized spacial score (nSPS) is 10.1. The van der Waals surface area contributed by atoms with Gasteiger partial charge in [0, 0.05) is 6.42 Å². The van der Waals surface area contributed by atoms with Crippen LogP contribution in [0.15, 0.2) is 16.7 Å². The van der Waals surface area contributed by atoms with Crippen molar-refractivity contribution in [3.05, 3.63) is 22.4 Å². The van der Waals surface area contributed by atoms with Crippen LogP contribution >= 0.6 is 15.9 Å². The molecule has 0 saturated heterocycles. The van der Waals surface area contributed by atoms with Crippen LogP contribution in [0.5, 0.6) is 0 Å². The summed E-state index contributed by atoms with van der Waals surface area (Å²) < 4.78 is 0.645. The van der Waals surface area contributed by atoms with Gasteiger partial charge >= 0.3 is 0 Å². The zero-order chi connectivity index (χ0) is 10.6. The smallest absolute Gasteiger partial charge is 0.183 e. The maximum absolute atomic E-state index is 11.6. The van der Waals surface area contributed by atoms with E-state index in [9.17, 15) is 4.79 Å². The zero-order valence-electron chi connectivity index (χ0n) is 8.09. The number of unbranched alkanes of at least 4 members (excludes halogenated alkanes) is 1. The van der Waals surface area contributed by atoms with Gasteiger partial charge in [0.1, 0.15) is 10.3 Å². The zero-order valence-corrected chi connectivity index (χ0v) is 9.67. The molecular weight excluding hydrogens is 244 g/mol. The molecular formula is C10H13BrN2O. The molecule has 2 N–H and O–H groups in total. The van der Waals surface area contributed by atoms with Crippen molar-refractivity contribution in [2.45, 2.75) is 26.2 Å². The highest BCUT2D eigenvalue weighted by atomic mass is 79.9. The minimum absolute atomic E-state index is 0.0191. The number of hydrogen-bond donors (Lipinski definition) is 1. The summed E-state index contributed by atoms with van der Waals surface area (Å²) in [6, 6.07) is 3.42. The lowest BCUT2D eigenvalue weighted by atomic mass is 10.1. The van der Waals surface area contributed by atoms with Gasteiger partial charge in [-0.2, -0.15) is 0 Å². The van der Waals surface area contributed by atoms with Gasteiger partial charge in [-0.25, -0.2) is 4.98 Å². The Morgan fingerprint density at radius 1 is 1.57 bits per heavy atom. The van der Waals surface area contributed by atoms with Crippen LogP contribution in [-0.4, -0.2) is 10.8 Å². The lowest BCUT2D eigenvalue weighted by Crippen LogP contribution is -2.06. The first-order valence-corrected chi connectivity index (χ1v) is 5.39. The van der Waals surface area contributed by atoms with Crippen LogP contribution in [0.25, 0.3) is 0 Å². The second-order valence-electron chi connectivity index (χ2n) is 3.10. The molecule has 4 heteroatoms. The monoisotopic (exact) mass is 256 g/mol. The van der Waals surface area contributed by atoms with Gasteiger partial charge in [0.2, 0.25) is 0 Å². The van der Waals surface area contributed by atoms with Gasteiger partial charge in [0.25, 0.3) is 0 Å². The van der Waals surface area contributed by atoms with Crippen molar-refractivity contribution in [3.63, 3.8) is 0 Å². The van der Waals surface area contributed by atoms with E-state index in [1.807, 2.05) is 6.92 Å². The molecule has 1 rings (SSSR count). The number of pyridine rings is 1. The second kappa shape index (κ2) is 5.10. The van der Waals surface area contributed by atoms with Gasteiger partial charge in [0.05, 0.1) is 5.69 Å².